The average Bonchev–Trinajstić information content (AvgIpc) is 3.76. The van der Waals surface area contributed by atoms with Crippen LogP contribution in [-0.2, 0) is 10.8 Å². The number of benzene rings is 6. The van der Waals surface area contributed by atoms with E-state index >= 15 is 0 Å². The highest BCUT2D eigenvalue weighted by Gasteiger charge is 2.31. The van der Waals surface area contributed by atoms with Gasteiger partial charge in [0.05, 0.1) is 28.1 Å². The second kappa shape index (κ2) is 13.5. The van der Waals surface area contributed by atoms with Crippen molar-refractivity contribution in [2.75, 3.05) is 28.4 Å². The predicted octanol–water partition coefficient (Wildman–Crippen LogP) is 13.5. The Morgan fingerprint density at radius 2 is 1.18 bits per heavy atom. The van der Waals surface area contributed by atoms with Crippen molar-refractivity contribution in [3.05, 3.63) is 169 Å². The van der Waals surface area contributed by atoms with E-state index in [2.05, 4.69) is 220 Å². The summed E-state index contributed by atoms with van der Waals surface area (Å²) in [6.45, 7) is 14.3. The van der Waals surface area contributed by atoms with Crippen molar-refractivity contribution < 1.29 is 0 Å². The zero-order valence-electron chi connectivity index (χ0n) is 33.5. The number of hydrogen-bond donors (Lipinski definition) is 0. The van der Waals surface area contributed by atoms with Crippen LogP contribution in [0.15, 0.2) is 158 Å². The Balaban J connectivity index is 1.11. The first-order chi connectivity index (χ1) is 27.0. The van der Waals surface area contributed by atoms with Crippen LogP contribution < -0.4 is 14.7 Å². The molecular formula is C51H49N5. The van der Waals surface area contributed by atoms with Crippen molar-refractivity contribution in [2.45, 2.75) is 52.4 Å². The fourth-order valence-corrected chi connectivity index (χ4v) is 8.16. The summed E-state index contributed by atoms with van der Waals surface area (Å²) in [6, 6.07) is 55.4. The zero-order chi connectivity index (χ0) is 38.8. The lowest BCUT2D eigenvalue weighted by atomic mass is 9.85. The van der Waals surface area contributed by atoms with Gasteiger partial charge >= 0.3 is 0 Å². The van der Waals surface area contributed by atoms with Gasteiger partial charge in [0.15, 0.2) is 0 Å². The largest absolute Gasteiger partial charge is 0.344 e. The molecule has 0 saturated heterocycles. The van der Waals surface area contributed by atoms with E-state index in [1.54, 1.807) is 0 Å². The van der Waals surface area contributed by atoms with E-state index in [4.69, 9.17) is 4.98 Å². The molecule has 0 radical (unpaired) electrons. The van der Waals surface area contributed by atoms with E-state index in [-0.39, 0.29) is 10.8 Å². The molecule has 1 aliphatic heterocycles. The monoisotopic (exact) mass is 731 g/mol. The smallest absolute Gasteiger partial charge is 0.137 e. The summed E-state index contributed by atoms with van der Waals surface area (Å²) >= 11 is 0. The third-order valence-electron chi connectivity index (χ3n) is 11.4. The van der Waals surface area contributed by atoms with Crippen molar-refractivity contribution in [3.63, 3.8) is 0 Å². The predicted molar refractivity (Wildman–Crippen MR) is 238 cm³/mol. The van der Waals surface area contributed by atoms with Crippen molar-refractivity contribution in [1.29, 1.82) is 0 Å². The summed E-state index contributed by atoms with van der Waals surface area (Å²) in [4.78, 5) is 12.1. The molecule has 0 N–H and O–H groups in total. The maximum atomic E-state index is 4.91. The van der Waals surface area contributed by atoms with Gasteiger partial charge in [-0.25, -0.2) is 4.98 Å². The Bertz CT molecular complexity index is 2730. The van der Waals surface area contributed by atoms with Crippen LogP contribution >= 0.6 is 0 Å². The van der Waals surface area contributed by atoms with Crippen LogP contribution in [0.3, 0.4) is 0 Å². The Morgan fingerprint density at radius 3 is 1.95 bits per heavy atom. The number of hydrogen-bond acceptors (Lipinski definition) is 4. The molecule has 56 heavy (non-hydrogen) atoms. The molecule has 0 spiro atoms. The standard InChI is InChI=1S/C51H49N5/c1-50(2,3)36-24-26-41(35-16-9-8-10-17-35)47(30-36)55-34-54(45-22-13-14-23-46(45)55)40-19-15-18-38(32-40)53(7)39-25-27-43-42-20-11-12-21-44(42)56(48(43)33-39)49-31-37(28-29-52-49)51(4,5)6/h8-33H,34H2,1-7H3. The topological polar surface area (TPSA) is 27.5 Å². The molecule has 9 rings (SSSR count). The normalized spacial score (nSPS) is 13.1. The molecule has 0 saturated carbocycles. The van der Waals surface area contributed by atoms with Crippen LogP contribution in [0.5, 0.6) is 0 Å². The van der Waals surface area contributed by atoms with Gasteiger partial charge in [-0.3, -0.25) is 4.57 Å². The summed E-state index contributed by atoms with van der Waals surface area (Å²) < 4.78 is 2.32. The molecule has 0 aliphatic carbocycles. The fraction of sp³-hybridized carbons (Fsp3) is 0.196. The van der Waals surface area contributed by atoms with Gasteiger partial charge in [0.2, 0.25) is 0 Å². The lowest BCUT2D eigenvalue weighted by Gasteiger charge is -2.28. The number of nitrogens with zero attached hydrogens (tertiary/aromatic N) is 5. The maximum absolute atomic E-state index is 4.91. The lowest BCUT2D eigenvalue weighted by molar-refractivity contribution is 0.588. The molecule has 0 unspecified atom stereocenters. The van der Waals surface area contributed by atoms with E-state index < -0.39 is 0 Å². The first kappa shape index (κ1) is 35.4. The number of para-hydroxylation sites is 3. The molecule has 3 heterocycles. The summed E-state index contributed by atoms with van der Waals surface area (Å²) in [7, 11) is 2.17. The van der Waals surface area contributed by atoms with Crippen molar-refractivity contribution in [3.8, 4) is 16.9 Å². The maximum Gasteiger partial charge on any atom is 0.137 e. The van der Waals surface area contributed by atoms with Crippen molar-refractivity contribution >= 4 is 55.9 Å². The van der Waals surface area contributed by atoms with Gasteiger partial charge in [-0.05, 0) is 94.3 Å². The SMILES string of the molecule is CN(c1cccc(N2CN(c3cc(C(C)(C)C)ccc3-c3ccccc3)c3ccccc32)c1)c1ccc2c3ccccc3n(-c3cc(C(C)(C)C)ccn3)c2c1. The van der Waals surface area contributed by atoms with Gasteiger partial charge in [-0.1, -0.05) is 126 Å². The number of anilines is 6. The molecule has 0 bridgehead atoms. The molecule has 278 valence electrons. The van der Waals surface area contributed by atoms with E-state index in [0.717, 1.165) is 33.9 Å². The van der Waals surface area contributed by atoms with Gasteiger partial charge in [0, 0.05) is 46.6 Å². The second-order valence-electron chi connectivity index (χ2n) is 17.1. The van der Waals surface area contributed by atoms with Crippen LogP contribution in [0.4, 0.5) is 34.1 Å². The molecular weight excluding hydrogens is 683 g/mol. The van der Waals surface area contributed by atoms with Crippen LogP contribution in [0, 0.1) is 0 Å². The van der Waals surface area contributed by atoms with E-state index in [0.29, 0.717) is 6.67 Å². The minimum absolute atomic E-state index is 0.0143. The zero-order valence-corrected chi connectivity index (χ0v) is 33.5. The number of aromatic nitrogens is 2. The first-order valence-corrected chi connectivity index (χ1v) is 19.6. The minimum atomic E-state index is 0.0143. The summed E-state index contributed by atoms with van der Waals surface area (Å²) in [5, 5.41) is 2.44. The summed E-state index contributed by atoms with van der Waals surface area (Å²) in [5.74, 6) is 0.936. The average molecular weight is 732 g/mol. The number of pyridine rings is 1. The number of rotatable bonds is 6. The third-order valence-corrected chi connectivity index (χ3v) is 11.4. The quantitative estimate of drug-likeness (QED) is 0.170. The van der Waals surface area contributed by atoms with E-state index in [1.165, 1.54) is 50.1 Å². The van der Waals surface area contributed by atoms with Gasteiger partial charge in [-0.2, -0.15) is 0 Å². The van der Waals surface area contributed by atoms with Crippen LogP contribution in [0.1, 0.15) is 52.7 Å². The Hall–Kier alpha value is -6.33. The lowest BCUT2D eigenvalue weighted by Crippen LogP contribution is -2.25. The van der Waals surface area contributed by atoms with Gasteiger partial charge in [0.25, 0.3) is 0 Å². The highest BCUT2D eigenvalue weighted by Crippen LogP contribution is 2.48. The highest BCUT2D eigenvalue weighted by molar-refractivity contribution is 6.10. The Kier molecular flexibility index (Phi) is 8.50. The van der Waals surface area contributed by atoms with Gasteiger partial charge in [0.1, 0.15) is 12.5 Å². The molecule has 5 nitrogen and oxygen atoms in total. The Labute approximate surface area is 331 Å². The number of fused-ring (bicyclic) bond motifs is 4. The highest BCUT2D eigenvalue weighted by atomic mass is 15.4. The summed E-state index contributed by atoms with van der Waals surface area (Å²) in [5.41, 5.74) is 14.4. The van der Waals surface area contributed by atoms with Crippen molar-refractivity contribution in [1.82, 2.24) is 9.55 Å². The van der Waals surface area contributed by atoms with Crippen LogP contribution in [0.25, 0.3) is 38.8 Å². The molecule has 0 atom stereocenters. The molecule has 5 heteroatoms. The Morgan fingerprint density at radius 1 is 0.518 bits per heavy atom. The molecule has 0 fully saturated rings. The van der Waals surface area contributed by atoms with Crippen LogP contribution in [-0.4, -0.2) is 23.3 Å². The molecule has 8 aromatic rings. The molecule has 2 aromatic heterocycles. The molecule has 1 aliphatic rings. The first-order valence-electron chi connectivity index (χ1n) is 19.6. The fourth-order valence-electron chi connectivity index (χ4n) is 8.16. The molecule has 6 aromatic carbocycles. The summed E-state index contributed by atoms with van der Waals surface area (Å²) in [6.07, 6.45) is 1.94. The second-order valence-corrected chi connectivity index (χ2v) is 17.1. The molecule has 0 amide bonds. The van der Waals surface area contributed by atoms with Crippen LogP contribution in [0.2, 0.25) is 0 Å². The van der Waals surface area contributed by atoms with Gasteiger partial charge in [-0.15, -0.1) is 0 Å². The van der Waals surface area contributed by atoms with Crippen molar-refractivity contribution in [2.24, 2.45) is 0 Å². The van der Waals surface area contributed by atoms with E-state index in [1.807, 2.05) is 6.20 Å². The van der Waals surface area contributed by atoms with Gasteiger partial charge < -0.3 is 14.7 Å². The third kappa shape index (κ3) is 6.18. The van der Waals surface area contributed by atoms with E-state index in [9.17, 15) is 0 Å². The minimum Gasteiger partial charge on any atom is -0.344 e.